The summed E-state index contributed by atoms with van der Waals surface area (Å²) in [6.45, 7) is 2.09. The van der Waals surface area contributed by atoms with Gasteiger partial charge in [0.25, 0.3) is 0 Å². The summed E-state index contributed by atoms with van der Waals surface area (Å²) in [6, 6.07) is 14.7. The van der Waals surface area contributed by atoms with Crippen LogP contribution in [0.3, 0.4) is 0 Å². The maximum absolute atomic E-state index is 12.1. The number of halogens is 1. The third kappa shape index (κ3) is 2.75. The third-order valence-corrected chi connectivity index (χ3v) is 2.98. The first-order valence-corrected chi connectivity index (χ1v) is 5.97. The standard InChI is InChI=1S/C15H13ClO/c1-2-11-3-5-12(6-4-11)15(17)13-7-9-14(16)10-8-13/h3-10H,2H2,1H3. The van der Waals surface area contributed by atoms with E-state index in [2.05, 4.69) is 6.92 Å². The van der Waals surface area contributed by atoms with Crippen molar-refractivity contribution in [2.24, 2.45) is 0 Å². The van der Waals surface area contributed by atoms with Gasteiger partial charge in [0.05, 0.1) is 0 Å². The summed E-state index contributed by atoms with van der Waals surface area (Å²) in [5.41, 5.74) is 2.61. The van der Waals surface area contributed by atoms with Gasteiger partial charge in [0.1, 0.15) is 0 Å². The molecule has 86 valence electrons. The maximum atomic E-state index is 12.1. The van der Waals surface area contributed by atoms with Crippen LogP contribution < -0.4 is 0 Å². The predicted octanol–water partition coefficient (Wildman–Crippen LogP) is 4.13. The summed E-state index contributed by atoms with van der Waals surface area (Å²) in [7, 11) is 0. The molecular weight excluding hydrogens is 232 g/mol. The van der Waals surface area contributed by atoms with Crippen molar-refractivity contribution >= 4 is 17.4 Å². The van der Waals surface area contributed by atoms with Crippen LogP contribution in [0.15, 0.2) is 48.5 Å². The van der Waals surface area contributed by atoms with E-state index in [0.29, 0.717) is 16.1 Å². The number of hydrogen-bond donors (Lipinski definition) is 0. The molecule has 0 aliphatic carbocycles. The van der Waals surface area contributed by atoms with Gasteiger partial charge in [0.2, 0.25) is 0 Å². The summed E-state index contributed by atoms with van der Waals surface area (Å²) in [4.78, 5) is 12.1. The molecule has 2 aromatic rings. The van der Waals surface area contributed by atoms with E-state index in [1.807, 2.05) is 24.3 Å². The Labute approximate surface area is 106 Å². The second-order valence-electron chi connectivity index (χ2n) is 3.89. The average molecular weight is 245 g/mol. The van der Waals surface area contributed by atoms with Crippen LogP contribution in [-0.2, 0) is 6.42 Å². The Morgan fingerprint density at radius 2 is 1.41 bits per heavy atom. The molecule has 0 spiro atoms. The fraction of sp³-hybridized carbons (Fsp3) is 0.133. The first-order valence-electron chi connectivity index (χ1n) is 5.60. The molecule has 2 rings (SSSR count). The van der Waals surface area contributed by atoms with Gasteiger partial charge in [0, 0.05) is 16.1 Å². The van der Waals surface area contributed by atoms with Gasteiger partial charge >= 0.3 is 0 Å². The quantitative estimate of drug-likeness (QED) is 0.742. The minimum Gasteiger partial charge on any atom is -0.289 e. The molecule has 0 fully saturated rings. The molecule has 0 radical (unpaired) electrons. The van der Waals surface area contributed by atoms with Crippen LogP contribution in [0.1, 0.15) is 28.4 Å². The lowest BCUT2D eigenvalue weighted by Gasteiger charge is -2.02. The zero-order valence-electron chi connectivity index (χ0n) is 9.61. The molecule has 0 atom stereocenters. The SMILES string of the molecule is CCc1ccc(C(=O)c2ccc(Cl)cc2)cc1. The molecule has 0 heterocycles. The van der Waals surface area contributed by atoms with Gasteiger partial charge in [-0.05, 0) is 36.2 Å². The van der Waals surface area contributed by atoms with E-state index in [0.717, 1.165) is 6.42 Å². The van der Waals surface area contributed by atoms with E-state index in [1.54, 1.807) is 24.3 Å². The zero-order valence-corrected chi connectivity index (χ0v) is 10.4. The van der Waals surface area contributed by atoms with Crippen molar-refractivity contribution in [1.82, 2.24) is 0 Å². The Morgan fingerprint density at radius 3 is 1.88 bits per heavy atom. The summed E-state index contributed by atoms with van der Waals surface area (Å²) >= 11 is 5.79. The van der Waals surface area contributed by atoms with Crippen molar-refractivity contribution in [3.8, 4) is 0 Å². The Hall–Kier alpha value is -1.60. The van der Waals surface area contributed by atoms with Crippen LogP contribution in [0.2, 0.25) is 5.02 Å². The molecule has 0 saturated carbocycles. The van der Waals surface area contributed by atoms with Gasteiger partial charge < -0.3 is 0 Å². The van der Waals surface area contributed by atoms with Crippen molar-refractivity contribution in [1.29, 1.82) is 0 Å². The Kier molecular flexibility index (Phi) is 3.60. The Balaban J connectivity index is 2.27. The number of ketones is 1. The lowest BCUT2D eigenvalue weighted by Crippen LogP contribution is -2.00. The lowest BCUT2D eigenvalue weighted by molar-refractivity contribution is 0.103. The molecule has 0 aliphatic heterocycles. The molecule has 0 amide bonds. The third-order valence-electron chi connectivity index (χ3n) is 2.73. The molecule has 0 saturated heterocycles. The Bertz CT molecular complexity index is 512. The number of aryl methyl sites for hydroxylation is 1. The molecule has 2 heteroatoms. The molecule has 17 heavy (non-hydrogen) atoms. The number of benzene rings is 2. The average Bonchev–Trinajstić information content (AvgIpc) is 2.39. The first kappa shape index (κ1) is 11.9. The summed E-state index contributed by atoms with van der Waals surface area (Å²) in [5, 5.41) is 0.642. The number of carbonyl (C=O) groups is 1. The number of carbonyl (C=O) groups excluding carboxylic acids is 1. The van der Waals surface area contributed by atoms with Gasteiger partial charge in [-0.2, -0.15) is 0 Å². The predicted molar refractivity (Wildman–Crippen MR) is 70.7 cm³/mol. The minimum atomic E-state index is 0.0318. The fourth-order valence-electron chi connectivity index (χ4n) is 1.66. The molecule has 0 aromatic heterocycles. The molecule has 0 aliphatic rings. The smallest absolute Gasteiger partial charge is 0.193 e. The van der Waals surface area contributed by atoms with Crippen molar-refractivity contribution in [3.63, 3.8) is 0 Å². The molecule has 2 aromatic carbocycles. The van der Waals surface area contributed by atoms with Crippen LogP contribution in [0.25, 0.3) is 0 Å². The van der Waals surface area contributed by atoms with Gasteiger partial charge in [-0.25, -0.2) is 0 Å². The van der Waals surface area contributed by atoms with Crippen molar-refractivity contribution in [2.45, 2.75) is 13.3 Å². The van der Waals surface area contributed by atoms with E-state index < -0.39 is 0 Å². The highest BCUT2D eigenvalue weighted by Gasteiger charge is 2.08. The van der Waals surface area contributed by atoms with Crippen LogP contribution >= 0.6 is 11.6 Å². The fourth-order valence-corrected chi connectivity index (χ4v) is 1.79. The van der Waals surface area contributed by atoms with Gasteiger partial charge in [-0.1, -0.05) is 42.8 Å². The van der Waals surface area contributed by atoms with Gasteiger partial charge in [-0.3, -0.25) is 4.79 Å². The molecule has 0 N–H and O–H groups in total. The molecule has 0 unspecified atom stereocenters. The van der Waals surface area contributed by atoms with Gasteiger partial charge in [-0.15, -0.1) is 0 Å². The van der Waals surface area contributed by atoms with E-state index in [1.165, 1.54) is 5.56 Å². The Morgan fingerprint density at radius 1 is 0.941 bits per heavy atom. The molecule has 0 bridgehead atoms. The first-order chi connectivity index (χ1) is 8.20. The summed E-state index contributed by atoms with van der Waals surface area (Å²) < 4.78 is 0. The summed E-state index contributed by atoms with van der Waals surface area (Å²) in [6.07, 6.45) is 0.982. The highest BCUT2D eigenvalue weighted by molar-refractivity contribution is 6.30. The zero-order chi connectivity index (χ0) is 12.3. The van der Waals surface area contributed by atoms with Crippen molar-refractivity contribution in [2.75, 3.05) is 0 Å². The lowest BCUT2D eigenvalue weighted by atomic mass is 10.0. The van der Waals surface area contributed by atoms with Crippen molar-refractivity contribution in [3.05, 3.63) is 70.2 Å². The largest absolute Gasteiger partial charge is 0.289 e. The van der Waals surface area contributed by atoms with E-state index in [9.17, 15) is 4.79 Å². The van der Waals surface area contributed by atoms with E-state index in [4.69, 9.17) is 11.6 Å². The molecule has 1 nitrogen and oxygen atoms in total. The van der Waals surface area contributed by atoms with E-state index in [-0.39, 0.29) is 5.78 Å². The van der Waals surface area contributed by atoms with Crippen LogP contribution in [0.4, 0.5) is 0 Å². The van der Waals surface area contributed by atoms with Crippen LogP contribution in [-0.4, -0.2) is 5.78 Å². The highest BCUT2D eigenvalue weighted by atomic mass is 35.5. The minimum absolute atomic E-state index is 0.0318. The second kappa shape index (κ2) is 5.15. The topological polar surface area (TPSA) is 17.1 Å². The normalized spacial score (nSPS) is 10.2. The summed E-state index contributed by atoms with van der Waals surface area (Å²) in [5.74, 6) is 0.0318. The number of hydrogen-bond acceptors (Lipinski definition) is 1. The van der Waals surface area contributed by atoms with Crippen LogP contribution in [0, 0.1) is 0 Å². The highest BCUT2D eigenvalue weighted by Crippen LogP contribution is 2.14. The number of rotatable bonds is 3. The second-order valence-corrected chi connectivity index (χ2v) is 4.32. The van der Waals surface area contributed by atoms with Crippen LogP contribution in [0.5, 0.6) is 0 Å². The monoisotopic (exact) mass is 244 g/mol. The molecular formula is C15H13ClO. The van der Waals surface area contributed by atoms with Gasteiger partial charge in [0.15, 0.2) is 5.78 Å². The van der Waals surface area contributed by atoms with E-state index >= 15 is 0 Å². The maximum Gasteiger partial charge on any atom is 0.193 e. The van der Waals surface area contributed by atoms with Crippen molar-refractivity contribution < 1.29 is 4.79 Å².